The lowest BCUT2D eigenvalue weighted by Crippen LogP contribution is -2.16. The fourth-order valence-corrected chi connectivity index (χ4v) is 14.1. The van der Waals surface area contributed by atoms with E-state index in [-0.39, 0.29) is 5.41 Å². The predicted octanol–water partition coefficient (Wildman–Crippen LogP) is 11.7. The third-order valence-electron chi connectivity index (χ3n) is 8.67. The number of thiocarbonyl (C=S) groups is 4. The molecule has 0 bridgehead atoms. The maximum Gasteiger partial charge on any atom is 0.0651 e. The van der Waals surface area contributed by atoms with Crippen LogP contribution in [0.3, 0.4) is 0 Å². The highest BCUT2D eigenvalue weighted by molar-refractivity contribution is 7.84. The summed E-state index contributed by atoms with van der Waals surface area (Å²) in [5.41, 5.74) is 8.90. The first-order valence-corrected chi connectivity index (χ1v) is 18.6. The van der Waals surface area contributed by atoms with Crippen molar-refractivity contribution in [3.63, 3.8) is 0 Å². The summed E-state index contributed by atoms with van der Waals surface area (Å²) in [7, 11) is 0. The van der Waals surface area contributed by atoms with E-state index in [4.69, 9.17) is 48.9 Å². The Morgan fingerprint density at radius 2 is 1.09 bits per heavy atom. The van der Waals surface area contributed by atoms with Crippen molar-refractivity contribution in [2.45, 2.75) is 19.3 Å². The van der Waals surface area contributed by atoms with E-state index in [9.17, 15) is 0 Å². The quantitative estimate of drug-likeness (QED) is 0.131. The zero-order valence-corrected chi connectivity index (χ0v) is 29.2. The van der Waals surface area contributed by atoms with Crippen molar-refractivity contribution in [2.24, 2.45) is 0 Å². The normalized spacial score (nSPS) is 17.0. The number of thiophene rings is 4. The van der Waals surface area contributed by atoms with Gasteiger partial charge in [-0.25, -0.2) is 0 Å². The van der Waals surface area contributed by atoms with Gasteiger partial charge in [0.15, 0.2) is 0 Å². The molecule has 0 atom stereocenters. The van der Waals surface area contributed by atoms with Crippen molar-refractivity contribution in [1.29, 1.82) is 0 Å². The summed E-state index contributed by atoms with van der Waals surface area (Å²) in [5, 5.41) is 0. The molecule has 3 aliphatic carbocycles. The monoisotopic (exact) mass is 694 g/mol. The number of hydrogen-bond donors (Lipinski definition) is 0. The molecule has 0 saturated heterocycles. The van der Waals surface area contributed by atoms with Gasteiger partial charge in [0.25, 0.3) is 0 Å². The van der Waals surface area contributed by atoms with Gasteiger partial charge in [0, 0.05) is 53.3 Å². The van der Waals surface area contributed by atoms with E-state index in [0.717, 1.165) is 52.9 Å². The van der Waals surface area contributed by atoms with Crippen molar-refractivity contribution in [3.05, 3.63) is 115 Å². The third kappa shape index (κ3) is 3.66. The van der Waals surface area contributed by atoms with Gasteiger partial charge >= 0.3 is 0 Å². The van der Waals surface area contributed by atoms with E-state index in [1.54, 1.807) is 0 Å². The van der Waals surface area contributed by atoms with Gasteiger partial charge < -0.3 is 0 Å². The van der Waals surface area contributed by atoms with E-state index in [0.29, 0.717) is 0 Å². The van der Waals surface area contributed by atoms with Crippen molar-refractivity contribution in [1.82, 2.24) is 0 Å². The van der Waals surface area contributed by atoms with Gasteiger partial charge in [0.2, 0.25) is 0 Å². The zero-order chi connectivity index (χ0) is 29.4. The van der Waals surface area contributed by atoms with Gasteiger partial charge in [-0.15, -0.1) is 45.3 Å². The second-order valence-electron chi connectivity index (χ2n) is 11.5. The zero-order valence-electron chi connectivity index (χ0n) is 22.7. The smallest absolute Gasteiger partial charge is 0.0651 e. The van der Waals surface area contributed by atoms with Crippen molar-refractivity contribution >= 4 is 154 Å². The molecule has 206 valence electrons. The van der Waals surface area contributed by atoms with Crippen LogP contribution >= 0.6 is 94.2 Å². The van der Waals surface area contributed by atoms with Crippen molar-refractivity contribution in [3.8, 4) is 0 Å². The maximum atomic E-state index is 5.89. The molecule has 43 heavy (non-hydrogen) atoms. The summed E-state index contributed by atoms with van der Waals surface area (Å²) in [4.78, 5) is 6.01. The minimum Gasteiger partial charge on any atom is -0.133 e. The Labute approximate surface area is 285 Å². The molecule has 0 aliphatic heterocycles. The Hall–Kier alpha value is -2.40. The van der Waals surface area contributed by atoms with Crippen LogP contribution in [0.2, 0.25) is 0 Å². The standard InChI is InChI=1S/C35H18S8/c1-35(2)15(11-21-26(36)17-7-3-4-8-18(17)27(21)37)12-23-25(35)31-33(41-23)34-32(43-31)30-24(42-34)14-16(40-30)13-22-28(38)19-9-5-6-10-20(19)29(22)39/h3-14H,1-2H3. The van der Waals surface area contributed by atoms with Crippen molar-refractivity contribution in [2.75, 3.05) is 0 Å². The lowest BCUT2D eigenvalue weighted by Gasteiger charge is -2.22. The minimum absolute atomic E-state index is 0.138. The molecule has 6 aromatic rings. The first kappa shape index (κ1) is 27.0. The molecule has 0 unspecified atom stereocenters. The lowest BCUT2D eigenvalue weighted by atomic mass is 9.81. The fraction of sp³-hybridized carbons (Fsp3) is 0.0857. The van der Waals surface area contributed by atoms with Crippen molar-refractivity contribution < 1.29 is 0 Å². The second-order valence-corrected chi connectivity index (χ2v) is 17.3. The summed E-state index contributed by atoms with van der Waals surface area (Å²) in [5.74, 6) is 0. The molecule has 8 heteroatoms. The maximum absolute atomic E-state index is 5.89. The summed E-state index contributed by atoms with van der Waals surface area (Å²) in [6.07, 6.45) is 6.82. The molecule has 4 heterocycles. The first-order valence-electron chi connectivity index (χ1n) is 13.7. The van der Waals surface area contributed by atoms with E-state index >= 15 is 0 Å². The van der Waals surface area contributed by atoms with Gasteiger partial charge in [0.05, 0.1) is 43.0 Å². The Morgan fingerprint density at radius 3 is 1.67 bits per heavy atom. The van der Waals surface area contributed by atoms with Gasteiger partial charge in [-0.1, -0.05) is 111 Å². The highest BCUT2D eigenvalue weighted by Gasteiger charge is 2.38. The molecule has 0 amide bonds. The molecule has 0 fully saturated rings. The number of fused-ring (bicyclic) bond motifs is 9. The van der Waals surface area contributed by atoms with E-state index in [2.05, 4.69) is 62.4 Å². The number of hydrogen-bond acceptors (Lipinski definition) is 8. The van der Waals surface area contributed by atoms with Crippen LogP contribution in [0.25, 0.3) is 40.4 Å². The number of allylic oxidation sites excluding steroid dienone is 4. The summed E-state index contributed by atoms with van der Waals surface area (Å²) in [6.45, 7) is 4.68. The first-order chi connectivity index (χ1) is 20.7. The average molecular weight is 695 g/mol. The molecule has 0 N–H and O–H groups in total. The SMILES string of the molecule is CC1(C)C(C=C2C(=S)c3ccccc3C2=S)=Cc2sc3c(sc4c5sc(C=C6C(=S)c7ccccc7C6=S)cc5sc34)c21. The number of benzene rings is 2. The summed E-state index contributed by atoms with van der Waals surface area (Å²) < 4.78 is 8.35. The van der Waals surface area contributed by atoms with Crippen LogP contribution in [0.1, 0.15) is 51.4 Å². The van der Waals surface area contributed by atoms with Crippen LogP contribution in [0.15, 0.2) is 77.4 Å². The summed E-state index contributed by atoms with van der Waals surface area (Å²) in [6, 6.07) is 18.8. The largest absolute Gasteiger partial charge is 0.133 e. The van der Waals surface area contributed by atoms with Crippen LogP contribution in [-0.4, -0.2) is 19.5 Å². The molecular formula is C35H18S8. The second kappa shape index (κ2) is 9.31. The van der Waals surface area contributed by atoms with Crippen LogP contribution < -0.4 is 0 Å². The molecule has 0 radical (unpaired) electrons. The van der Waals surface area contributed by atoms with Crippen LogP contribution in [-0.2, 0) is 5.41 Å². The molecule has 0 spiro atoms. The molecule has 9 rings (SSSR count). The highest BCUT2D eigenvalue weighted by atomic mass is 32.1. The number of rotatable bonds is 2. The van der Waals surface area contributed by atoms with Gasteiger partial charge in [-0.3, -0.25) is 0 Å². The molecule has 3 aliphatic rings. The van der Waals surface area contributed by atoms with E-state index < -0.39 is 0 Å². The lowest BCUT2D eigenvalue weighted by molar-refractivity contribution is 0.663. The van der Waals surface area contributed by atoms with Gasteiger partial charge in [0.1, 0.15) is 0 Å². The molecule has 0 saturated carbocycles. The van der Waals surface area contributed by atoms with Crippen LogP contribution in [0, 0.1) is 0 Å². The fourth-order valence-electron chi connectivity index (χ4n) is 6.47. The predicted molar refractivity (Wildman–Crippen MR) is 207 cm³/mol. The van der Waals surface area contributed by atoms with Gasteiger partial charge in [-0.2, -0.15) is 0 Å². The highest BCUT2D eigenvalue weighted by Crippen LogP contribution is 2.57. The third-order valence-corrected chi connectivity index (χ3v) is 15.7. The molecular weight excluding hydrogens is 677 g/mol. The van der Waals surface area contributed by atoms with E-state index in [1.807, 2.05) is 69.6 Å². The van der Waals surface area contributed by atoms with E-state index in [1.165, 1.54) is 49.1 Å². The Balaban J connectivity index is 1.11. The Morgan fingerprint density at radius 1 is 0.581 bits per heavy atom. The minimum atomic E-state index is -0.138. The summed E-state index contributed by atoms with van der Waals surface area (Å²) >= 11 is 31.1. The van der Waals surface area contributed by atoms with Gasteiger partial charge in [-0.05, 0) is 35.4 Å². The molecule has 4 aromatic heterocycles. The average Bonchev–Trinajstić information content (AvgIpc) is 3.82. The molecule has 2 aromatic carbocycles. The topological polar surface area (TPSA) is 0 Å². The van der Waals surface area contributed by atoms with Crippen LogP contribution in [0.5, 0.6) is 0 Å². The van der Waals surface area contributed by atoms with Crippen LogP contribution in [0.4, 0.5) is 0 Å². The Kier molecular flexibility index (Phi) is 5.84. The molecule has 0 nitrogen and oxygen atoms in total. The Bertz CT molecular complexity index is 2360.